The summed E-state index contributed by atoms with van der Waals surface area (Å²) in [6.07, 6.45) is 6.21. The van der Waals surface area contributed by atoms with Crippen LogP contribution in [0, 0.1) is 11.8 Å². The molecule has 2 aliphatic carbocycles. The molecule has 2 fully saturated rings. The minimum absolute atomic E-state index is 0.756. The predicted octanol–water partition coefficient (Wildman–Crippen LogP) is 2.35. The van der Waals surface area contributed by atoms with Gasteiger partial charge in [0.25, 0.3) is 0 Å². The maximum Gasteiger partial charge on any atom is 0.0655 e. The SMILES string of the molecule is c1nscc1NC1CCC2CC21. The number of aromatic nitrogens is 1. The van der Waals surface area contributed by atoms with Crippen molar-refractivity contribution < 1.29 is 0 Å². The number of rotatable bonds is 2. The van der Waals surface area contributed by atoms with Crippen LogP contribution < -0.4 is 5.32 Å². The molecule has 2 saturated carbocycles. The number of nitrogens with zero attached hydrogens (tertiary/aromatic N) is 1. The molecule has 3 unspecified atom stereocenters. The summed E-state index contributed by atoms with van der Waals surface area (Å²) in [6, 6.07) is 0.756. The van der Waals surface area contributed by atoms with E-state index in [4.69, 9.17) is 0 Å². The largest absolute Gasteiger partial charge is 0.380 e. The van der Waals surface area contributed by atoms with Crippen LogP contribution in [0.15, 0.2) is 11.6 Å². The van der Waals surface area contributed by atoms with Crippen molar-refractivity contribution in [1.29, 1.82) is 0 Å². The standard InChI is InChI=1S/C9H12N2S/c1-2-9(8-3-6(1)8)11-7-4-10-12-5-7/h4-6,8-9,11H,1-3H2. The minimum Gasteiger partial charge on any atom is -0.380 e. The van der Waals surface area contributed by atoms with Crippen molar-refractivity contribution in [2.24, 2.45) is 11.8 Å². The van der Waals surface area contributed by atoms with Gasteiger partial charge < -0.3 is 5.32 Å². The molecule has 2 nitrogen and oxygen atoms in total. The lowest BCUT2D eigenvalue weighted by atomic mass is 10.2. The highest BCUT2D eigenvalue weighted by molar-refractivity contribution is 7.04. The highest BCUT2D eigenvalue weighted by Crippen LogP contribution is 2.52. The van der Waals surface area contributed by atoms with Gasteiger partial charge >= 0.3 is 0 Å². The summed E-state index contributed by atoms with van der Waals surface area (Å²) >= 11 is 1.53. The van der Waals surface area contributed by atoms with Crippen molar-refractivity contribution in [3.8, 4) is 0 Å². The number of hydrogen-bond donors (Lipinski definition) is 1. The zero-order valence-corrected chi connectivity index (χ0v) is 7.68. The fraction of sp³-hybridized carbons (Fsp3) is 0.667. The zero-order chi connectivity index (χ0) is 7.97. The molecule has 1 aromatic heterocycles. The van der Waals surface area contributed by atoms with Gasteiger partial charge in [-0.15, -0.1) is 0 Å². The molecule has 0 bridgehead atoms. The second-order valence-corrected chi connectivity index (χ2v) is 4.56. The van der Waals surface area contributed by atoms with E-state index >= 15 is 0 Å². The van der Waals surface area contributed by atoms with E-state index in [1.165, 1.54) is 36.5 Å². The Labute approximate surface area is 76.2 Å². The van der Waals surface area contributed by atoms with Gasteiger partial charge in [0.1, 0.15) is 0 Å². The zero-order valence-electron chi connectivity index (χ0n) is 6.86. The average molecular weight is 180 g/mol. The molecular weight excluding hydrogens is 168 g/mol. The molecule has 3 heteroatoms. The van der Waals surface area contributed by atoms with Gasteiger partial charge in [0, 0.05) is 11.4 Å². The van der Waals surface area contributed by atoms with E-state index in [0.29, 0.717) is 0 Å². The smallest absolute Gasteiger partial charge is 0.0655 e. The normalized spacial score (nSPS) is 37.8. The third kappa shape index (κ3) is 1.04. The van der Waals surface area contributed by atoms with Crippen LogP contribution in [0.5, 0.6) is 0 Å². The lowest BCUT2D eigenvalue weighted by molar-refractivity contribution is 0.654. The summed E-state index contributed by atoms with van der Waals surface area (Å²) in [5.74, 6) is 2.05. The second-order valence-electron chi connectivity index (χ2n) is 3.90. The highest BCUT2D eigenvalue weighted by atomic mass is 32.1. The Hall–Kier alpha value is -0.570. The topological polar surface area (TPSA) is 24.9 Å². The van der Waals surface area contributed by atoms with E-state index < -0.39 is 0 Å². The Morgan fingerprint density at radius 2 is 2.50 bits per heavy atom. The lowest BCUT2D eigenvalue weighted by Gasteiger charge is -2.13. The van der Waals surface area contributed by atoms with E-state index in [1.54, 1.807) is 0 Å². The molecule has 64 valence electrons. The Kier molecular flexibility index (Phi) is 1.41. The first kappa shape index (κ1) is 6.89. The van der Waals surface area contributed by atoms with Crippen LogP contribution in [0.1, 0.15) is 19.3 Å². The maximum atomic E-state index is 4.08. The van der Waals surface area contributed by atoms with E-state index in [-0.39, 0.29) is 0 Å². The molecule has 1 N–H and O–H groups in total. The predicted molar refractivity (Wildman–Crippen MR) is 50.4 cm³/mol. The van der Waals surface area contributed by atoms with Crippen molar-refractivity contribution in [2.75, 3.05) is 5.32 Å². The highest BCUT2D eigenvalue weighted by Gasteiger charge is 2.47. The maximum absolute atomic E-state index is 4.08. The number of fused-ring (bicyclic) bond motifs is 1. The van der Waals surface area contributed by atoms with Crippen molar-refractivity contribution in [1.82, 2.24) is 4.37 Å². The number of anilines is 1. The molecular formula is C9H12N2S. The van der Waals surface area contributed by atoms with Gasteiger partial charge in [0.05, 0.1) is 11.9 Å². The molecule has 0 saturated heterocycles. The summed E-state index contributed by atoms with van der Waals surface area (Å²) < 4.78 is 4.08. The Balaban J connectivity index is 1.68. The first-order chi connectivity index (χ1) is 5.93. The van der Waals surface area contributed by atoms with Crippen molar-refractivity contribution in [3.05, 3.63) is 11.6 Å². The number of hydrogen-bond acceptors (Lipinski definition) is 3. The molecule has 0 aromatic carbocycles. The van der Waals surface area contributed by atoms with E-state index in [2.05, 4.69) is 15.1 Å². The molecule has 2 aliphatic rings. The van der Waals surface area contributed by atoms with Gasteiger partial charge in [0.15, 0.2) is 0 Å². The molecule has 0 amide bonds. The summed E-state index contributed by atoms with van der Waals surface area (Å²) in [5.41, 5.74) is 1.22. The van der Waals surface area contributed by atoms with Gasteiger partial charge in [0.2, 0.25) is 0 Å². The molecule has 0 spiro atoms. The fourth-order valence-corrected chi connectivity index (χ4v) is 2.85. The first-order valence-electron chi connectivity index (χ1n) is 4.59. The third-order valence-corrected chi connectivity index (χ3v) is 3.71. The van der Waals surface area contributed by atoms with Crippen molar-refractivity contribution >= 4 is 17.2 Å². The summed E-state index contributed by atoms with van der Waals surface area (Å²) in [4.78, 5) is 0. The monoisotopic (exact) mass is 180 g/mol. The van der Waals surface area contributed by atoms with E-state index in [0.717, 1.165) is 17.9 Å². The summed E-state index contributed by atoms with van der Waals surface area (Å²) in [5, 5.41) is 5.65. The van der Waals surface area contributed by atoms with Crippen molar-refractivity contribution in [3.63, 3.8) is 0 Å². The fourth-order valence-electron chi connectivity index (χ4n) is 2.37. The van der Waals surface area contributed by atoms with Gasteiger partial charge in [-0.3, -0.25) is 0 Å². The summed E-state index contributed by atoms with van der Waals surface area (Å²) in [7, 11) is 0. The van der Waals surface area contributed by atoms with Gasteiger partial charge in [-0.05, 0) is 42.6 Å². The van der Waals surface area contributed by atoms with Crippen LogP contribution in [0.4, 0.5) is 5.69 Å². The van der Waals surface area contributed by atoms with Crippen LogP contribution in [0.2, 0.25) is 0 Å². The molecule has 12 heavy (non-hydrogen) atoms. The second kappa shape index (κ2) is 2.46. The molecule has 1 aromatic rings. The molecule has 3 rings (SSSR count). The molecule has 3 atom stereocenters. The van der Waals surface area contributed by atoms with Gasteiger partial charge in [-0.1, -0.05) is 0 Å². The lowest BCUT2D eigenvalue weighted by Crippen LogP contribution is -2.18. The van der Waals surface area contributed by atoms with Gasteiger partial charge in [-0.2, -0.15) is 4.37 Å². The minimum atomic E-state index is 0.756. The molecule has 0 radical (unpaired) electrons. The van der Waals surface area contributed by atoms with Crippen LogP contribution in [-0.4, -0.2) is 10.4 Å². The Morgan fingerprint density at radius 3 is 3.08 bits per heavy atom. The Bertz CT molecular complexity index is 270. The quantitative estimate of drug-likeness (QED) is 0.755. The van der Waals surface area contributed by atoms with Crippen LogP contribution in [-0.2, 0) is 0 Å². The molecule has 0 aliphatic heterocycles. The van der Waals surface area contributed by atoms with Crippen LogP contribution >= 0.6 is 11.5 Å². The van der Waals surface area contributed by atoms with E-state index in [9.17, 15) is 0 Å². The first-order valence-corrected chi connectivity index (χ1v) is 5.43. The van der Waals surface area contributed by atoms with Crippen LogP contribution in [0.25, 0.3) is 0 Å². The van der Waals surface area contributed by atoms with Crippen LogP contribution in [0.3, 0.4) is 0 Å². The molecule has 1 heterocycles. The Morgan fingerprint density at radius 1 is 1.50 bits per heavy atom. The van der Waals surface area contributed by atoms with E-state index in [1.807, 2.05) is 6.20 Å². The number of nitrogens with one attached hydrogen (secondary N) is 1. The van der Waals surface area contributed by atoms with Gasteiger partial charge in [-0.25, -0.2) is 0 Å². The van der Waals surface area contributed by atoms with Crippen molar-refractivity contribution in [2.45, 2.75) is 25.3 Å². The third-order valence-electron chi connectivity index (χ3n) is 3.13. The summed E-state index contributed by atoms with van der Waals surface area (Å²) in [6.45, 7) is 0. The average Bonchev–Trinajstić information content (AvgIpc) is 2.54.